The number of methoxy groups -OCH3 is 1. The van der Waals surface area contributed by atoms with Gasteiger partial charge in [0.25, 0.3) is 0 Å². The number of esters is 1. The normalized spacial score (nSPS) is 10.4. The smallest absolute Gasteiger partial charge is 0.309 e. The van der Waals surface area contributed by atoms with Gasteiger partial charge in [-0.1, -0.05) is 5.21 Å². The summed E-state index contributed by atoms with van der Waals surface area (Å²) in [7, 11) is 3.02. The predicted molar refractivity (Wildman–Crippen MR) is 62.1 cm³/mol. The molecule has 1 heterocycles. The highest BCUT2D eigenvalue weighted by Gasteiger charge is 2.09. The Kier molecular flexibility index (Phi) is 3.36. The van der Waals surface area contributed by atoms with Gasteiger partial charge < -0.3 is 4.74 Å². The fraction of sp³-hybridized carbons (Fsp3) is 0.250. The van der Waals surface area contributed by atoms with Crippen LogP contribution < -0.4 is 0 Å². The summed E-state index contributed by atoms with van der Waals surface area (Å²) in [5.74, 6) is -0.831. The van der Waals surface area contributed by atoms with Crippen molar-refractivity contribution in [1.82, 2.24) is 15.0 Å². The van der Waals surface area contributed by atoms with E-state index in [4.69, 9.17) is 0 Å². The van der Waals surface area contributed by atoms with Crippen molar-refractivity contribution in [3.8, 4) is 11.3 Å². The highest BCUT2D eigenvalue weighted by Crippen LogP contribution is 2.20. The maximum atomic E-state index is 13.5. The molecule has 1 aromatic heterocycles. The van der Waals surface area contributed by atoms with Crippen LogP contribution in [0.2, 0.25) is 0 Å². The van der Waals surface area contributed by atoms with Crippen LogP contribution in [0.5, 0.6) is 0 Å². The van der Waals surface area contributed by atoms with Gasteiger partial charge in [-0.15, -0.1) is 5.10 Å². The molecule has 0 atom stereocenters. The fourth-order valence-electron chi connectivity index (χ4n) is 1.62. The highest BCUT2D eigenvalue weighted by atomic mass is 19.1. The van der Waals surface area contributed by atoms with E-state index in [1.54, 1.807) is 19.3 Å². The number of halogens is 1. The summed E-state index contributed by atoms with van der Waals surface area (Å²) in [6.45, 7) is 0. The van der Waals surface area contributed by atoms with Crippen molar-refractivity contribution in [3.63, 3.8) is 0 Å². The number of aryl methyl sites for hydroxylation is 1. The SMILES string of the molecule is COC(=O)Cc1cc(F)cc(-c2cn(C)nn2)c1. The van der Waals surface area contributed by atoms with Gasteiger partial charge in [0.05, 0.1) is 19.7 Å². The third-order valence-corrected chi connectivity index (χ3v) is 2.43. The van der Waals surface area contributed by atoms with Gasteiger partial charge in [0.2, 0.25) is 0 Å². The van der Waals surface area contributed by atoms with E-state index in [0.29, 0.717) is 16.8 Å². The number of rotatable bonds is 3. The Morgan fingerprint density at radius 1 is 1.44 bits per heavy atom. The zero-order valence-electron chi connectivity index (χ0n) is 10.1. The van der Waals surface area contributed by atoms with Crippen molar-refractivity contribution in [2.24, 2.45) is 7.05 Å². The number of carbonyl (C=O) groups excluding carboxylic acids is 1. The molecule has 1 aromatic carbocycles. The molecule has 6 heteroatoms. The lowest BCUT2D eigenvalue weighted by Crippen LogP contribution is -2.04. The molecule has 0 aliphatic rings. The van der Waals surface area contributed by atoms with Crippen molar-refractivity contribution >= 4 is 5.97 Å². The summed E-state index contributed by atoms with van der Waals surface area (Å²) >= 11 is 0. The molecule has 0 aliphatic carbocycles. The molecule has 0 saturated carbocycles. The molecule has 0 N–H and O–H groups in total. The van der Waals surface area contributed by atoms with Crippen molar-refractivity contribution in [2.45, 2.75) is 6.42 Å². The summed E-state index contributed by atoms with van der Waals surface area (Å²) in [5.41, 5.74) is 1.69. The topological polar surface area (TPSA) is 57.0 Å². The molecule has 0 radical (unpaired) electrons. The van der Waals surface area contributed by atoms with Crippen LogP contribution in [0.25, 0.3) is 11.3 Å². The summed E-state index contributed by atoms with van der Waals surface area (Å²) in [6.07, 6.45) is 1.71. The van der Waals surface area contributed by atoms with E-state index in [9.17, 15) is 9.18 Å². The number of hydrogen-bond acceptors (Lipinski definition) is 4. The first kappa shape index (κ1) is 12.2. The van der Waals surface area contributed by atoms with Gasteiger partial charge in [0.15, 0.2) is 0 Å². The largest absolute Gasteiger partial charge is 0.469 e. The van der Waals surface area contributed by atoms with Crippen molar-refractivity contribution in [1.29, 1.82) is 0 Å². The van der Waals surface area contributed by atoms with E-state index >= 15 is 0 Å². The van der Waals surface area contributed by atoms with Gasteiger partial charge in [0, 0.05) is 12.6 Å². The van der Waals surface area contributed by atoms with Crippen LogP contribution in [0.3, 0.4) is 0 Å². The van der Waals surface area contributed by atoms with Gasteiger partial charge in [-0.25, -0.2) is 4.39 Å². The Bertz CT molecular complexity index is 580. The van der Waals surface area contributed by atoms with E-state index in [1.807, 2.05) is 0 Å². The molecular weight excluding hydrogens is 237 g/mol. The van der Waals surface area contributed by atoms with Gasteiger partial charge >= 0.3 is 5.97 Å². The summed E-state index contributed by atoms with van der Waals surface area (Å²) in [6, 6.07) is 4.35. The van der Waals surface area contributed by atoms with Crippen LogP contribution in [-0.4, -0.2) is 28.1 Å². The minimum absolute atomic E-state index is 0.0293. The van der Waals surface area contributed by atoms with E-state index < -0.39 is 11.8 Å². The predicted octanol–water partition coefficient (Wildman–Crippen LogP) is 1.34. The second-order valence-corrected chi connectivity index (χ2v) is 3.88. The third kappa shape index (κ3) is 2.71. The monoisotopic (exact) mass is 249 g/mol. The zero-order valence-corrected chi connectivity index (χ0v) is 10.1. The number of carbonyl (C=O) groups is 1. The standard InChI is InChI=1S/C12H12FN3O2/c1-16-7-11(14-15-16)9-3-8(4-10(13)6-9)5-12(17)18-2/h3-4,6-7H,5H2,1-2H3. The first-order valence-electron chi connectivity index (χ1n) is 5.31. The Morgan fingerprint density at radius 3 is 2.83 bits per heavy atom. The molecule has 0 amide bonds. The summed E-state index contributed by atoms with van der Waals surface area (Å²) in [5, 5.41) is 7.68. The quantitative estimate of drug-likeness (QED) is 0.770. The van der Waals surface area contributed by atoms with E-state index in [2.05, 4.69) is 15.0 Å². The minimum Gasteiger partial charge on any atom is -0.469 e. The Hall–Kier alpha value is -2.24. The second kappa shape index (κ2) is 4.95. The zero-order chi connectivity index (χ0) is 13.1. The number of hydrogen-bond donors (Lipinski definition) is 0. The lowest BCUT2D eigenvalue weighted by molar-refractivity contribution is -0.139. The first-order valence-corrected chi connectivity index (χ1v) is 5.31. The molecule has 18 heavy (non-hydrogen) atoms. The molecule has 0 aliphatic heterocycles. The minimum atomic E-state index is -0.419. The van der Waals surface area contributed by atoms with Gasteiger partial charge in [0.1, 0.15) is 11.5 Å². The van der Waals surface area contributed by atoms with Crippen LogP contribution in [0.1, 0.15) is 5.56 Å². The summed E-state index contributed by atoms with van der Waals surface area (Å²) < 4.78 is 19.5. The van der Waals surface area contributed by atoms with Crippen LogP contribution in [0.4, 0.5) is 4.39 Å². The lowest BCUT2D eigenvalue weighted by Gasteiger charge is -2.03. The van der Waals surface area contributed by atoms with E-state index in [1.165, 1.54) is 23.9 Å². The van der Waals surface area contributed by atoms with Crippen molar-refractivity contribution in [2.75, 3.05) is 7.11 Å². The molecule has 0 fully saturated rings. The van der Waals surface area contributed by atoms with Gasteiger partial charge in [-0.05, 0) is 23.8 Å². The number of ether oxygens (including phenoxy) is 1. The molecule has 94 valence electrons. The third-order valence-electron chi connectivity index (χ3n) is 2.43. The average molecular weight is 249 g/mol. The number of nitrogens with zero attached hydrogens (tertiary/aromatic N) is 3. The first-order chi connectivity index (χ1) is 8.58. The van der Waals surface area contributed by atoms with Crippen LogP contribution in [0.15, 0.2) is 24.4 Å². The molecule has 2 rings (SSSR count). The fourth-order valence-corrected chi connectivity index (χ4v) is 1.62. The maximum absolute atomic E-state index is 13.5. The molecule has 5 nitrogen and oxygen atoms in total. The van der Waals surface area contributed by atoms with Gasteiger partial charge in [-0.2, -0.15) is 0 Å². The number of benzene rings is 1. The van der Waals surface area contributed by atoms with E-state index in [-0.39, 0.29) is 6.42 Å². The average Bonchev–Trinajstić information content (AvgIpc) is 2.75. The van der Waals surface area contributed by atoms with Crippen LogP contribution in [0, 0.1) is 5.82 Å². The van der Waals surface area contributed by atoms with Gasteiger partial charge in [-0.3, -0.25) is 9.48 Å². The van der Waals surface area contributed by atoms with Crippen molar-refractivity contribution < 1.29 is 13.9 Å². The molecule has 0 bridgehead atoms. The Labute approximate surface area is 103 Å². The Morgan fingerprint density at radius 2 is 2.22 bits per heavy atom. The Balaban J connectivity index is 2.34. The lowest BCUT2D eigenvalue weighted by atomic mass is 10.1. The van der Waals surface area contributed by atoms with Crippen LogP contribution in [-0.2, 0) is 23.0 Å². The van der Waals surface area contributed by atoms with E-state index in [0.717, 1.165) is 0 Å². The molecule has 0 unspecified atom stereocenters. The highest BCUT2D eigenvalue weighted by molar-refractivity contribution is 5.73. The molecule has 0 saturated heterocycles. The maximum Gasteiger partial charge on any atom is 0.309 e. The number of aromatic nitrogens is 3. The van der Waals surface area contributed by atoms with Crippen LogP contribution >= 0.6 is 0 Å². The molecule has 0 spiro atoms. The second-order valence-electron chi connectivity index (χ2n) is 3.88. The summed E-state index contributed by atoms with van der Waals surface area (Å²) in [4.78, 5) is 11.2. The molecular formula is C12H12FN3O2. The molecule has 2 aromatic rings. The van der Waals surface area contributed by atoms with Crippen molar-refractivity contribution in [3.05, 3.63) is 35.8 Å².